The average Bonchev–Trinajstić information content (AvgIpc) is 2.55. The van der Waals surface area contributed by atoms with Gasteiger partial charge in [0.1, 0.15) is 11.3 Å². The standard InChI is InChI=1S/C18H19NO4/c1-13(23-18(22)15-10-6-7-11-16(15)20)17(21)19(2)12-14-8-4-3-5-9-14/h3-11,13,20H,12H2,1-2H3/t13-/m0/s1. The van der Waals surface area contributed by atoms with Gasteiger partial charge in [-0.1, -0.05) is 42.5 Å². The number of carbonyl (C=O) groups excluding carboxylic acids is 2. The van der Waals surface area contributed by atoms with Gasteiger partial charge in [-0.15, -0.1) is 0 Å². The fourth-order valence-electron chi connectivity index (χ4n) is 2.17. The molecular formula is C18H19NO4. The van der Waals surface area contributed by atoms with Crippen LogP contribution in [-0.4, -0.2) is 35.0 Å². The van der Waals surface area contributed by atoms with Crippen LogP contribution < -0.4 is 0 Å². The lowest BCUT2D eigenvalue weighted by Crippen LogP contribution is -2.37. The smallest absolute Gasteiger partial charge is 0.342 e. The predicted octanol–water partition coefficient (Wildman–Crippen LogP) is 2.60. The number of rotatable bonds is 5. The van der Waals surface area contributed by atoms with Crippen LogP contribution in [0.5, 0.6) is 5.75 Å². The van der Waals surface area contributed by atoms with Gasteiger partial charge < -0.3 is 14.7 Å². The molecule has 5 nitrogen and oxygen atoms in total. The summed E-state index contributed by atoms with van der Waals surface area (Å²) in [5.41, 5.74) is 1.03. The normalized spacial score (nSPS) is 11.6. The van der Waals surface area contributed by atoms with E-state index in [1.54, 1.807) is 19.2 Å². The Balaban J connectivity index is 1.97. The molecule has 0 spiro atoms. The molecule has 2 rings (SSSR count). The molecule has 1 N–H and O–H groups in total. The Bertz CT molecular complexity index is 684. The highest BCUT2D eigenvalue weighted by Crippen LogP contribution is 2.17. The second kappa shape index (κ2) is 7.45. The molecule has 120 valence electrons. The minimum atomic E-state index is -0.934. The van der Waals surface area contributed by atoms with E-state index in [9.17, 15) is 14.7 Å². The summed E-state index contributed by atoms with van der Waals surface area (Å²) in [4.78, 5) is 25.8. The number of para-hydroxylation sites is 1. The van der Waals surface area contributed by atoms with E-state index < -0.39 is 12.1 Å². The van der Waals surface area contributed by atoms with Crippen LogP contribution in [0.2, 0.25) is 0 Å². The first kappa shape index (κ1) is 16.5. The van der Waals surface area contributed by atoms with Gasteiger partial charge in [0.2, 0.25) is 0 Å². The maximum atomic E-state index is 12.3. The third-order valence-electron chi connectivity index (χ3n) is 3.39. The van der Waals surface area contributed by atoms with Crippen molar-refractivity contribution < 1.29 is 19.4 Å². The zero-order valence-corrected chi connectivity index (χ0v) is 13.1. The van der Waals surface area contributed by atoms with Crippen LogP contribution in [0.15, 0.2) is 54.6 Å². The van der Waals surface area contributed by atoms with E-state index in [4.69, 9.17) is 4.74 Å². The van der Waals surface area contributed by atoms with Gasteiger partial charge in [0, 0.05) is 13.6 Å². The summed E-state index contributed by atoms with van der Waals surface area (Å²) in [5.74, 6) is -1.20. The quantitative estimate of drug-likeness (QED) is 0.862. The van der Waals surface area contributed by atoms with Gasteiger partial charge in [0.25, 0.3) is 5.91 Å². The van der Waals surface area contributed by atoms with Crippen molar-refractivity contribution in [3.63, 3.8) is 0 Å². The number of amides is 1. The molecule has 0 unspecified atom stereocenters. The Labute approximate surface area is 135 Å². The molecule has 0 bridgehead atoms. The molecule has 2 aromatic rings. The highest BCUT2D eigenvalue weighted by atomic mass is 16.5. The van der Waals surface area contributed by atoms with E-state index in [-0.39, 0.29) is 17.2 Å². The van der Waals surface area contributed by atoms with Crippen molar-refractivity contribution in [1.82, 2.24) is 4.90 Å². The van der Waals surface area contributed by atoms with Crippen molar-refractivity contribution in [3.05, 3.63) is 65.7 Å². The molecular weight excluding hydrogens is 294 g/mol. The first-order chi connectivity index (χ1) is 11.0. The molecule has 5 heteroatoms. The average molecular weight is 313 g/mol. The maximum absolute atomic E-state index is 12.3. The molecule has 0 heterocycles. The highest BCUT2D eigenvalue weighted by Gasteiger charge is 2.23. The lowest BCUT2D eigenvalue weighted by atomic mass is 10.2. The van der Waals surface area contributed by atoms with Gasteiger partial charge in [-0.3, -0.25) is 4.79 Å². The molecule has 0 fully saturated rings. The Kier molecular flexibility index (Phi) is 5.36. The molecule has 0 saturated carbocycles. The van der Waals surface area contributed by atoms with E-state index in [0.29, 0.717) is 6.54 Å². The van der Waals surface area contributed by atoms with Gasteiger partial charge in [-0.2, -0.15) is 0 Å². The topological polar surface area (TPSA) is 66.8 Å². The molecule has 23 heavy (non-hydrogen) atoms. The highest BCUT2D eigenvalue weighted by molar-refractivity contribution is 5.94. The zero-order chi connectivity index (χ0) is 16.8. The van der Waals surface area contributed by atoms with Crippen molar-refractivity contribution in [2.45, 2.75) is 19.6 Å². The van der Waals surface area contributed by atoms with Gasteiger partial charge in [0.05, 0.1) is 0 Å². The van der Waals surface area contributed by atoms with Crippen molar-refractivity contribution in [1.29, 1.82) is 0 Å². The third-order valence-corrected chi connectivity index (χ3v) is 3.39. The van der Waals surface area contributed by atoms with E-state index in [1.165, 1.54) is 24.0 Å². The predicted molar refractivity (Wildman–Crippen MR) is 85.9 cm³/mol. The fraction of sp³-hybridized carbons (Fsp3) is 0.222. The lowest BCUT2D eigenvalue weighted by molar-refractivity contribution is -0.139. The monoisotopic (exact) mass is 313 g/mol. The molecule has 0 aliphatic carbocycles. The van der Waals surface area contributed by atoms with E-state index in [0.717, 1.165) is 5.56 Å². The minimum Gasteiger partial charge on any atom is -0.507 e. The number of hydrogen-bond donors (Lipinski definition) is 1. The zero-order valence-electron chi connectivity index (χ0n) is 13.1. The largest absolute Gasteiger partial charge is 0.507 e. The Hall–Kier alpha value is -2.82. The summed E-state index contributed by atoms with van der Waals surface area (Å²) in [6, 6.07) is 15.6. The molecule has 0 aliphatic heterocycles. The van der Waals surface area contributed by atoms with Crippen molar-refractivity contribution in [2.24, 2.45) is 0 Å². The second-order valence-corrected chi connectivity index (χ2v) is 5.24. The van der Waals surface area contributed by atoms with E-state index >= 15 is 0 Å². The van der Waals surface area contributed by atoms with Crippen LogP contribution in [0.1, 0.15) is 22.8 Å². The summed E-state index contributed by atoms with van der Waals surface area (Å²) >= 11 is 0. The van der Waals surface area contributed by atoms with E-state index in [1.807, 2.05) is 30.3 Å². The Morgan fingerprint density at radius 2 is 1.70 bits per heavy atom. The van der Waals surface area contributed by atoms with Crippen LogP contribution in [0, 0.1) is 0 Å². The molecule has 0 radical (unpaired) electrons. The Morgan fingerprint density at radius 1 is 1.09 bits per heavy atom. The molecule has 2 aromatic carbocycles. The lowest BCUT2D eigenvalue weighted by Gasteiger charge is -2.21. The van der Waals surface area contributed by atoms with Crippen molar-refractivity contribution >= 4 is 11.9 Å². The van der Waals surface area contributed by atoms with Gasteiger partial charge in [-0.05, 0) is 24.6 Å². The number of ether oxygens (including phenoxy) is 1. The van der Waals surface area contributed by atoms with Crippen LogP contribution in [0.4, 0.5) is 0 Å². The molecule has 1 amide bonds. The molecule has 0 aromatic heterocycles. The van der Waals surface area contributed by atoms with Crippen LogP contribution in [-0.2, 0) is 16.1 Å². The summed E-state index contributed by atoms with van der Waals surface area (Å²) in [5, 5.41) is 9.64. The number of carbonyl (C=O) groups is 2. The van der Waals surface area contributed by atoms with Crippen LogP contribution >= 0.6 is 0 Å². The van der Waals surface area contributed by atoms with Gasteiger partial charge >= 0.3 is 5.97 Å². The summed E-state index contributed by atoms with van der Waals surface area (Å²) < 4.78 is 5.15. The van der Waals surface area contributed by atoms with E-state index in [2.05, 4.69) is 0 Å². The number of likely N-dealkylation sites (N-methyl/N-ethyl adjacent to an activating group) is 1. The SMILES string of the molecule is C[C@H](OC(=O)c1ccccc1O)C(=O)N(C)Cc1ccccc1. The first-order valence-electron chi connectivity index (χ1n) is 7.27. The summed E-state index contributed by atoms with van der Waals surface area (Å²) in [7, 11) is 1.65. The number of esters is 1. The first-order valence-corrected chi connectivity index (χ1v) is 7.27. The number of aromatic hydroxyl groups is 1. The number of hydrogen-bond acceptors (Lipinski definition) is 4. The van der Waals surface area contributed by atoms with Crippen LogP contribution in [0.3, 0.4) is 0 Å². The van der Waals surface area contributed by atoms with Gasteiger partial charge in [0.15, 0.2) is 6.10 Å². The van der Waals surface area contributed by atoms with Crippen molar-refractivity contribution in [2.75, 3.05) is 7.05 Å². The number of benzene rings is 2. The maximum Gasteiger partial charge on any atom is 0.342 e. The number of nitrogens with zero attached hydrogens (tertiary/aromatic N) is 1. The molecule has 1 atom stereocenters. The second-order valence-electron chi connectivity index (χ2n) is 5.24. The minimum absolute atomic E-state index is 0.0397. The van der Waals surface area contributed by atoms with Crippen LogP contribution in [0.25, 0.3) is 0 Å². The summed E-state index contributed by atoms with van der Waals surface area (Å²) in [6.07, 6.45) is -0.934. The number of phenolic OH excluding ortho intramolecular Hbond substituents is 1. The fourth-order valence-corrected chi connectivity index (χ4v) is 2.17. The van der Waals surface area contributed by atoms with Crippen molar-refractivity contribution in [3.8, 4) is 5.75 Å². The Morgan fingerprint density at radius 3 is 2.35 bits per heavy atom. The molecule has 0 saturated heterocycles. The molecule has 0 aliphatic rings. The van der Waals surface area contributed by atoms with Gasteiger partial charge in [-0.25, -0.2) is 4.79 Å². The third kappa shape index (κ3) is 4.32. The number of phenols is 1. The summed E-state index contributed by atoms with van der Waals surface area (Å²) in [6.45, 7) is 1.94.